The van der Waals surface area contributed by atoms with Gasteiger partial charge in [0.05, 0.1) is 39.9 Å². The predicted octanol–water partition coefficient (Wildman–Crippen LogP) is 18.6. The molecule has 0 aromatic rings. The van der Waals surface area contributed by atoms with E-state index in [1.54, 1.807) is 6.08 Å². The summed E-state index contributed by atoms with van der Waals surface area (Å²) in [6.07, 6.45) is 78.3. The van der Waals surface area contributed by atoms with Crippen molar-refractivity contribution in [3.05, 3.63) is 85.1 Å². The summed E-state index contributed by atoms with van der Waals surface area (Å²) in [4.78, 5) is 25.5. The van der Waals surface area contributed by atoms with E-state index in [2.05, 4.69) is 92.1 Å². The number of hydrogen-bond acceptors (Lipinski definition) is 6. The molecule has 2 N–H and O–H groups in total. The van der Waals surface area contributed by atoms with Crippen molar-refractivity contribution < 1.29 is 32.9 Å². The lowest BCUT2D eigenvalue weighted by molar-refractivity contribution is -0.870. The van der Waals surface area contributed by atoms with E-state index >= 15 is 0 Å². The molecule has 0 aliphatic carbocycles. The highest BCUT2D eigenvalue weighted by molar-refractivity contribution is 7.45. The van der Waals surface area contributed by atoms with E-state index in [-0.39, 0.29) is 18.9 Å². The molecule has 0 aromatic heterocycles. The maximum absolute atomic E-state index is 13.0. The predicted molar refractivity (Wildman–Crippen MR) is 320 cm³/mol. The fourth-order valence-corrected chi connectivity index (χ4v) is 9.53. The van der Waals surface area contributed by atoms with E-state index in [1.165, 1.54) is 173 Å². The van der Waals surface area contributed by atoms with E-state index in [1.807, 2.05) is 27.2 Å². The molecule has 3 atom stereocenters. The largest absolute Gasteiger partial charge is 0.756 e. The number of aliphatic hydroxyl groups excluding tert-OH is 1. The molecule has 0 spiro atoms. The van der Waals surface area contributed by atoms with Gasteiger partial charge < -0.3 is 28.8 Å². The summed E-state index contributed by atoms with van der Waals surface area (Å²) in [6.45, 7) is 4.52. The van der Waals surface area contributed by atoms with Gasteiger partial charge in [-0.1, -0.05) is 279 Å². The molecule has 0 saturated carbocycles. The number of phosphoric acid groups is 1. The number of nitrogens with one attached hydrogen (secondary N) is 1. The number of amides is 1. The van der Waals surface area contributed by atoms with Gasteiger partial charge in [0.25, 0.3) is 7.82 Å². The lowest BCUT2D eigenvalue weighted by atomic mass is 10.0. The zero-order valence-corrected chi connectivity index (χ0v) is 49.9. The van der Waals surface area contributed by atoms with E-state index in [9.17, 15) is 19.4 Å². The van der Waals surface area contributed by atoms with Gasteiger partial charge >= 0.3 is 0 Å². The Morgan fingerprint density at radius 1 is 0.486 bits per heavy atom. The van der Waals surface area contributed by atoms with Crippen LogP contribution >= 0.6 is 7.82 Å². The van der Waals surface area contributed by atoms with Crippen molar-refractivity contribution in [3.8, 4) is 0 Å². The average molecular weight is 1060 g/mol. The lowest BCUT2D eigenvalue weighted by Crippen LogP contribution is -2.45. The smallest absolute Gasteiger partial charge is 0.268 e. The molecule has 8 nitrogen and oxygen atoms in total. The Labute approximate surface area is 458 Å². The van der Waals surface area contributed by atoms with E-state index in [0.29, 0.717) is 17.4 Å². The van der Waals surface area contributed by atoms with Gasteiger partial charge in [0.2, 0.25) is 5.91 Å². The van der Waals surface area contributed by atoms with Crippen LogP contribution in [-0.4, -0.2) is 68.5 Å². The van der Waals surface area contributed by atoms with Gasteiger partial charge in [-0.2, -0.15) is 0 Å². The second-order valence-corrected chi connectivity index (χ2v) is 23.4. The van der Waals surface area contributed by atoms with Gasteiger partial charge in [-0.25, -0.2) is 0 Å². The molecular formula is C65H119N2O6P. The van der Waals surface area contributed by atoms with Crippen molar-refractivity contribution in [3.63, 3.8) is 0 Å². The van der Waals surface area contributed by atoms with Crippen LogP contribution in [-0.2, 0) is 18.4 Å². The Kier molecular flexibility index (Phi) is 53.7. The van der Waals surface area contributed by atoms with Gasteiger partial charge in [0.15, 0.2) is 0 Å². The summed E-state index contributed by atoms with van der Waals surface area (Å²) in [5.74, 6) is -0.239. The standard InChI is InChI=1S/C65H119N2O6P/c1-6-8-10-12-14-16-18-20-22-24-26-28-29-30-31-32-33-34-35-36-37-39-40-42-44-46-48-50-52-54-56-58-64(68)63(62-73-74(70,71)72-61-60-67(3,4)5)66-65(69)59-57-55-53-51-49-47-45-43-41-38-27-25-23-21-19-17-15-13-11-9-7-2/h9,11,15,17,21,23,27,38,43,45,49,51,56,58,63-64,68H,6-8,10,12-14,16,18-20,22,24-26,28-37,39-42,44,46-48,50,52-55,57,59-62H2,1-5H3,(H-,66,69,70,71)/b11-9-,17-15-,23-21-,38-27-,45-43-,51-49-,58-56+. The number of aliphatic hydroxyl groups is 1. The van der Waals surface area contributed by atoms with Crippen molar-refractivity contribution >= 4 is 13.7 Å². The number of carbonyl (C=O) groups excluding carboxylic acids is 1. The zero-order valence-electron chi connectivity index (χ0n) is 49.0. The first-order valence-corrected chi connectivity index (χ1v) is 32.4. The van der Waals surface area contributed by atoms with Crippen LogP contribution in [0.25, 0.3) is 0 Å². The number of quaternary nitrogens is 1. The van der Waals surface area contributed by atoms with Crippen LogP contribution in [0.3, 0.4) is 0 Å². The third kappa shape index (κ3) is 57.4. The van der Waals surface area contributed by atoms with Crippen molar-refractivity contribution in [2.45, 2.75) is 283 Å². The number of unbranched alkanes of at least 4 members (excludes halogenated alkanes) is 31. The second kappa shape index (κ2) is 55.4. The van der Waals surface area contributed by atoms with Gasteiger partial charge in [0.1, 0.15) is 13.2 Å². The normalized spacial score (nSPS) is 14.4. The Morgan fingerprint density at radius 3 is 1.20 bits per heavy atom. The van der Waals surface area contributed by atoms with Crippen LogP contribution < -0.4 is 10.2 Å². The Bertz CT molecular complexity index is 1480. The molecule has 0 aliphatic heterocycles. The third-order valence-corrected chi connectivity index (χ3v) is 14.6. The van der Waals surface area contributed by atoms with Gasteiger partial charge in [-0.05, 0) is 70.6 Å². The van der Waals surface area contributed by atoms with E-state index < -0.39 is 26.6 Å². The maximum Gasteiger partial charge on any atom is 0.268 e. The van der Waals surface area contributed by atoms with E-state index in [4.69, 9.17) is 9.05 Å². The molecule has 0 aromatic carbocycles. The van der Waals surface area contributed by atoms with Crippen molar-refractivity contribution in [1.82, 2.24) is 5.32 Å². The number of likely N-dealkylation sites (N-methyl/N-ethyl adjacent to an activating group) is 1. The fourth-order valence-electron chi connectivity index (χ4n) is 8.81. The Morgan fingerprint density at radius 2 is 0.824 bits per heavy atom. The minimum Gasteiger partial charge on any atom is -0.756 e. The second-order valence-electron chi connectivity index (χ2n) is 22.0. The van der Waals surface area contributed by atoms with Crippen LogP contribution in [0.15, 0.2) is 85.1 Å². The number of phosphoric ester groups is 1. The van der Waals surface area contributed by atoms with Crippen molar-refractivity contribution in [1.29, 1.82) is 0 Å². The molecule has 430 valence electrons. The molecule has 0 radical (unpaired) electrons. The zero-order chi connectivity index (χ0) is 54.2. The molecule has 74 heavy (non-hydrogen) atoms. The van der Waals surface area contributed by atoms with Crippen LogP contribution in [0.5, 0.6) is 0 Å². The van der Waals surface area contributed by atoms with Crippen LogP contribution in [0.4, 0.5) is 0 Å². The monoisotopic (exact) mass is 1050 g/mol. The number of nitrogens with zero attached hydrogens (tertiary/aromatic N) is 1. The Balaban J connectivity index is 4.20. The highest BCUT2D eigenvalue weighted by atomic mass is 31.2. The molecule has 9 heteroatoms. The molecule has 0 bridgehead atoms. The summed E-state index contributed by atoms with van der Waals surface area (Å²) < 4.78 is 23.4. The minimum atomic E-state index is -4.62. The van der Waals surface area contributed by atoms with Crippen LogP contribution in [0.2, 0.25) is 0 Å². The molecule has 3 unspecified atom stereocenters. The highest BCUT2D eigenvalue weighted by Gasteiger charge is 2.23. The third-order valence-electron chi connectivity index (χ3n) is 13.6. The summed E-state index contributed by atoms with van der Waals surface area (Å²) in [7, 11) is 1.23. The summed E-state index contributed by atoms with van der Waals surface area (Å²) in [6, 6.07) is -0.917. The maximum atomic E-state index is 13.0. The number of allylic oxidation sites excluding steroid dienone is 13. The summed E-state index contributed by atoms with van der Waals surface area (Å²) >= 11 is 0. The molecule has 0 aliphatic rings. The average Bonchev–Trinajstić information content (AvgIpc) is 3.36. The summed E-state index contributed by atoms with van der Waals surface area (Å²) in [5, 5.41) is 13.9. The minimum absolute atomic E-state index is 0.0137. The number of hydrogen-bond donors (Lipinski definition) is 2. The SMILES string of the molecule is CC/C=C\C/C=C\C/C=C\C/C=C\C/C=C\C/C=C\CCCCC(=O)NC(COP(=O)([O-])OCC[N+](C)(C)C)C(O)/C=C/CCCCCCCCCCCCCCCCCCCCCCCCCCCCCCC. The van der Waals surface area contributed by atoms with Crippen molar-refractivity contribution in [2.75, 3.05) is 40.9 Å². The topological polar surface area (TPSA) is 108 Å². The Hall–Kier alpha value is -2.32. The first-order chi connectivity index (χ1) is 36.0. The number of rotatable bonds is 56. The summed E-state index contributed by atoms with van der Waals surface area (Å²) in [5.41, 5.74) is 0. The lowest BCUT2D eigenvalue weighted by Gasteiger charge is -2.29. The molecule has 0 fully saturated rings. The van der Waals surface area contributed by atoms with Gasteiger partial charge in [0, 0.05) is 6.42 Å². The van der Waals surface area contributed by atoms with Crippen molar-refractivity contribution in [2.24, 2.45) is 0 Å². The highest BCUT2D eigenvalue weighted by Crippen LogP contribution is 2.38. The molecule has 1 amide bonds. The van der Waals surface area contributed by atoms with Crippen LogP contribution in [0.1, 0.15) is 271 Å². The van der Waals surface area contributed by atoms with Gasteiger partial charge in [-0.3, -0.25) is 9.36 Å². The fraction of sp³-hybridized carbons (Fsp3) is 0.769. The number of carbonyl (C=O) groups is 1. The molecule has 0 heterocycles. The molecule has 0 saturated heterocycles. The van der Waals surface area contributed by atoms with E-state index in [0.717, 1.165) is 70.6 Å². The first-order valence-electron chi connectivity index (χ1n) is 30.9. The first kappa shape index (κ1) is 71.7. The quantitative estimate of drug-likeness (QED) is 0.0272. The molecular weight excluding hydrogens is 936 g/mol. The van der Waals surface area contributed by atoms with Gasteiger partial charge in [-0.15, -0.1) is 0 Å². The van der Waals surface area contributed by atoms with Crippen LogP contribution in [0, 0.1) is 0 Å². The molecule has 0 rings (SSSR count).